The summed E-state index contributed by atoms with van der Waals surface area (Å²) in [4.78, 5) is 29.6. The smallest absolute Gasteiger partial charge is 0.339 e. The summed E-state index contributed by atoms with van der Waals surface area (Å²) >= 11 is 1.70. The van der Waals surface area contributed by atoms with Gasteiger partial charge in [0.25, 0.3) is 0 Å². The molecule has 22 heavy (non-hydrogen) atoms. The van der Waals surface area contributed by atoms with Gasteiger partial charge in [0.2, 0.25) is 5.82 Å². The molecule has 7 nitrogen and oxygen atoms in total. The number of rotatable bonds is 3. The van der Waals surface area contributed by atoms with E-state index < -0.39 is 10.9 Å². The normalized spacial score (nSPS) is 13.6. The van der Waals surface area contributed by atoms with Crippen LogP contribution in [0.15, 0.2) is 23.7 Å². The SMILES string of the molecule is COC(=O)c1cnc(N2CCc3sccc3C2)c([N+](=O)[O-])c1. The highest BCUT2D eigenvalue weighted by molar-refractivity contribution is 7.10. The zero-order chi connectivity index (χ0) is 15.7. The van der Waals surface area contributed by atoms with E-state index in [-0.39, 0.29) is 17.1 Å². The summed E-state index contributed by atoms with van der Waals surface area (Å²) in [6, 6.07) is 3.25. The van der Waals surface area contributed by atoms with E-state index in [2.05, 4.69) is 9.72 Å². The summed E-state index contributed by atoms with van der Waals surface area (Å²) < 4.78 is 4.58. The average molecular weight is 319 g/mol. The number of methoxy groups -OCH3 is 1. The number of pyridine rings is 1. The van der Waals surface area contributed by atoms with Crippen molar-refractivity contribution in [2.24, 2.45) is 0 Å². The van der Waals surface area contributed by atoms with E-state index >= 15 is 0 Å². The Morgan fingerprint density at radius 3 is 3.09 bits per heavy atom. The monoisotopic (exact) mass is 319 g/mol. The van der Waals surface area contributed by atoms with Gasteiger partial charge in [-0.05, 0) is 23.4 Å². The Hall–Kier alpha value is -2.48. The quantitative estimate of drug-likeness (QED) is 0.490. The molecule has 0 unspecified atom stereocenters. The second kappa shape index (κ2) is 5.72. The standard InChI is InChI=1S/C14H13N3O4S/c1-21-14(18)10-6-11(17(19)20)13(15-7-10)16-4-2-12-9(8-16)3-5-22-12/h3,5-7H,2,4,8H2,1H3. The first kappa shape index (κ1) is 14.5. The number of hydrogen-bond acceptors (Lipinski definition) is 7. The van der Waals surface area contributed by atoms with Crippen molar-refractivity contribution >= 4 is 28.8 Å². The van der Waals surface area contributed by atoms with Crippen molar-refractivity contribution in [1.29, 1.82) is 0 Å². The van der Waals surface area contributed by atoms with Gasteiger partial charge < -0.3 is 9.64 Å². The molecule has 1 aliphatic rings. The predicted molar refractivity (Wildman–Crippen MR) is 81.3 cm³/mol. The molecule has 3 heterocycles. The van der Waals surface area contributed by atoms with E-state index in [4.69, 9.17) is 0 Å². The second-order valence-corrected chi connectivity index (χ2v) is 5.86. The van der Waals surface area contributed by atoms with E-state index in [0.717, 1.165) is 6.42 Å². The maximum Gasteiger partial charge on any atom is 0.339 e. The van der Waals surface area contributed by atoms with Crippen molar-refractivity contribution < 1.29 is 14.5 Å². The first-order valence-electron chi connectivity index (χ1n) is 6.63. The van der Waals surface area contributed by atoms with E-state index in [0.29, 0.717) is 13.1 Å². The Kier molecular flexibility index (Phi) is 3.76. The number of thiophene rings is 1. The molecule has 8 heteroatoms. The van der Waals surface area contributed by atoms with Gasteiger partial charge in [0.15, 0.2) is 0 Å². The van der Waals surface area contributed by atoms with Crippen LogP contribution >= 0.6 is 11.3 Å². The van der Waals surface area contributed by atoms with Crippen molar-refractivity contribution in [1.82, 2.24) is 4.98 Å². The Morgan fingerprint density at radius 2 is 2.36 bits per heavy atom. The maximum atomic E-state index is 11.5. The maximum absolute atomic E-state index is 11.5. The molecule has 0 N–H and O–H groups in total. The number of fused-ring (bicyclic) bond motifs is 1. The lowest BCUT2D eigenvalue weighted by Crippen LogP contribution is -2.30. The lowest BCUT2D eigenvalue weighted by Gasteiger charge is -2.27. The largest absolute Gasteiger partial charge is 0.465 e. The number of ether oxygens (including phenoxy) is 1. The number of nitrogens with zero attached hydrogens (tertiary/aromatic N) is 3. The molecule has 0 fully saturated rings. The van der Waals surface area contributed by atoms with E-state index in [1.807, 2.05) is 16.3 Å². The Morgan fingerprint density at radius 1 is 1.55 bits per heavy atom. The highest BCUT2D eigenvalue weighted by Gasteiger charge is 2.27. The van der Waals surface area contributed by atoms with Gasteiger partial charge in [-0.3, -0.25) is 10.1 Å². The minimum absolute atomic E-state index is 0.0752. The van der Waals surface area contributed by atoms with Gasteiger partial charge >= 0.3 is 11.7 Å². The van der Waals surface area contributed by atoms with Crippen LogP contribution in [0.5, 0.6) is 0 Å². The molecule has 0 bridgehead atoms. The van der Waals surface area contributed by atoms with Crippen LogP contribution < -0.4 is 4.90 Å². The molecule has 2 aromatic heterocycles. The highest BCUT2D eigenvalue weighted by atomic mass is 32.1. The van der Waals surface area contributed by atoms with Crippen LogP contribution in [0.25, 0.3) is 0 Å². The van der Waals surface area contributed by atoms with Crippen LogP contribution in [0.3, 0.4) is 0 Å². The summed E-state index contributed by atoms with van der Waals surface area (Å²) in [6.07, 6.45) is 2.15. The highest BCUT2D eigenvalue weighted by Crippen LogP contribution is 2.32. The van der Waals surface area contributed by atoms with E-state index in [1.165, 1.54) is 29.8 Å². The van der Waals surface area contributed by atoms with Crippen LogP contribution in [-0.2, 0) is 17.7 Å². The average Bonchev–Trinajstić information content (AvgIpc) is 3.01. The molecule has 3 rings (SSSR count). The summed E-state index contributed by atoms with van der Waals surface area (Å²) in [6.45, 7) is 1.25. The Labute approximate surface area is 130 Å². The topological polar surface area (TPSA) is 85.6 Å². The molecule has 2 aromatic rings. The number of nitro groups is 1. The first-order valence-corrected chi connectivity index (χ1v) is 7.51. The van der Waals surface area contributed by atoms with Gasteiger partial charge in [-0.25, -0.2) is 9.78 Å². The van der Waals surface area contributed by atoms with Gasteiger partial charge in [-0.15, -0.1) is 11.3 Å². The number of carbonyl (C=O) groups excluding carboxylic acids is 1. The molecule has 0 aromatic carbocycles. The number of aromatic nitrogens is 1. The van der Waals surface area contributed by atoms with Crippen LogP contribution in [0, 0.1) is 10.1 Å². The minimum atomic E-state index is -0.638. The molecule has 0 radical (unpaired) electrons. The molecule has 1 aliphatic heterocycles. The third-order valence-corrected chi connectivity index (χ3v) is 4.60. The summed E-state index contributed by atoms with van der Waals surface area (Å²) in [5, 5.41) is 13.3. The van der Waals surface area contributed by atoms with Gasteiger partial charge in [0, 0.05) is 30.2 Å². The number of carbonyl (C=O) groups is 1. The van der Waals surface area contributed by atoms with Gasteiger partial charge in [-0.2, -0.15) is 0 Å². The Bertz CT molecular complexity index is 743. The fraction of sp³-hybridized carbons (Fsp3) is 0.286. The van der Waals surface area contributed by atoms with Crippen molar-refractivity contribution in [2.45, 2.75) is 13.0 Å². The molecule has 0 spiro atoms. The lowest BCUT2D eigenvalue weighted by molar-refractivity contribution is -0.384. The zero-order valence-corrected chi connectivity index (χ0v) is 12.6. The molecule has 0 saturated heterocycles. The fourth-order valence-electron chi connectivity index (χ4n) is 2.48. The Balaban J connectivity index is 1.97. The minimum Gasteiger partial charge on any atom is -0.465 e. The molecule has 0 atom stereocenters. The molecular weight excluding hydrogens is 306 g/mol. The van der Waals surface area contributed by atoms with Crippen molar-refractivity contribution in [3.8, 4) is 0 Å². The van der Waals surface area contributed by atoms with Crippen molar-refractivity contribution in [2.75, 3.05) is 18.6 Å². The number of hydrogen-bond donors (Lipinski definition) is 0. The van der Waals surface area contributed by atoms with Crippen molar-refractivity contribution in [3.63, 3.8) is 0 Å². The van der Waals surface area contributed by atoms with Crippen LogP contribution in [-0.4, -0.2) is 29.5 Å². The fourth-order valence-corrected chi connectivity index (χ4v) is 3.37. The lowest BCUT2D eigenvalue weighted by atomic mass is 10.1. The van der Waals surface area contributed by atoms with Gasteiger partial charge in [-0.1, -0.05) is 0 Å². The molecular formula is C14H13N3O4S. The second-order valence-electron chi connectivity index (χ2n) is 4.86. The van der Waals surface area contributed by atoms with E-state index in [1.54, 1.807) is 11.3 Å². The van der Waals surface area contributed by atoms with Crippen molar-refractivity contribution in [3.05, 3.63) is 49.8 Å². The molecule has 0 amide bonds. The summed E-state index contributed by atoms with van der Waals surface area (Å²) in [5.74, 6) is -0.351. The first-order chi connectivity index (χ1) is 10.6. The predicted octanol–water partition coefficient (Wildman–Crippen LogP) is 2.40. The van der Waals surface area contributed by atoms with Crippen LogP contribution in [0.2, 0.25) is 0 Å². The molecule has 114 valence electrons. The van der Waals surface area contributed by atoms with Gasteiger partial charge in [0.1, 0.15) is 0 Å². The number of esters is 1. The third-order valence-electron chi connectivity index (χ3n) is 3.57. The molecule has 0 saturated carbocycles. The summed E-state index contributed by atoms with van der Waals surface area (Å²) in [7, 11) is 1.23. The summed E-state index contributed by atoms with van der Waals surface area (Å²) in [5.41, 5.74) is 1.07. The zero-order valence-electron chi connectivity index (χ0n) is 11.8. The van der Waals surface area contributed by atoms with Crippen LogP contribution in [0.1, 0.15) is 20.8 Å². The third kappa shape index (κ3) is 2.52. The van der Waals surface area contributed by atoms with Gasteiger partial charge in [0.05, 0.1) is 17.6 Å². The van der Waals surface area contributed by atoms with E-state index in [9.17, 15) is 14.9 Å². The molecule has 0 aliphatic carbocycles. The number of anilines is 1. The van der Waals surface area contributed by atoms with Crippen LogP contribution in [0.4, 0.5) is 11.5 Å².